The number of nitrogens with one attached hydrogen (secondary N) is 2. The van der Waals surface area contributed by atoms with E-state index in [9.17, 15) is 14.7 Å². The number of carboxylic acid groups (broad SMARTS) is 1. The average Bonchev–Trinajstić information content (AvgIpc) is 2.30. The second kappa shape index (κ2) is 5.80. The van der Waals surface area contributed by atoms with Gasteiger partial charge in [-0.05, 0) is 31.6 Å². The number of carbonyl (C=O) groups excluding carboxylic acids is 1. The highest BCUT2D eigenvalue weighted by Gasteiger charge is 2.44. The molecule has 2 aliphatic rings. The first-order valence-corrected chi connectivity index (χ1v) is 7.31. The van der Waals surface area contributed by atoms with Crippen LogP contribution in [0.4, 0.5) is 4.79 Å². The van der Waals surface area contributed by atoms with Crippen molar-refractivity contribution in [2.24, 2.45) is 11.3 Å². The largest absolute Gasteiger partial charge is 0.481 e. The van der Waals surface area contributed by atoms with Gasteiger partial charge in [0.15, 0.2) is 0 Å². The number of carboxylic acids is 1. The summed E-state index contributed by atoms with van der Waals surface area (Å²) >= 11 is 0. The van der Waals surface area contributed by atoms with E-state index in [4.69, 9.17) is 0 Å². The first-order valence-electron chi connectivity index (χ1n) is 7.31. The number of carbonyl (C=O) groups is 2. The molecule has 0 spiro atoms. The fourth-order valence-electron chi connectivity index (χ4n) is 3.07. The van der Waals surface area contributed by atoms with Gasteiger partial charge in [-0.3, -0.25) is 4.79 Å². The van der Waals surface area contributed by atoms with E-state index >= 15 is 0 Å². The third kappa shape index (κ3) is 3.19. The molecular weight excluding hydrogens is 244 g/mol. The van der Waals surface area contributed by atoms with Gasteiger partial charge >= 0.3 is 12.0 Å². The molecule has 0 radical (unpaired) electrons. The van der Waals surface area contributed by atoms with Crippen LogP contribution in [-0.2, 0) is 4.79 Å². The van der Waals surface area contributed by atoms with Crippen molar-refractivity contribution in [1.29, 1.82) is 0 Å². The molecule has 2 rings (SSSR count). The molecule has 0 aromatic carbocycles. The maximum atomic E-state index is 11.9. The number of amides is 2. The second-order valence-electron chi connectivity index (χ2n) is 6.13. The van der Waals surface area contributed by atoms with Crippen molar-refractivity contribution in [3.05, 3.63) is 0 Å². The second-order valence-corrected chi connectivity index (χ2v) is 6.13. The van der Waals surface area contributed by atoms with Crippen LogP contribution in [0.25, 0.3) is 0 Å². The molecule has 0 heterocycles. The van der Waals surface area contributed by atoms with Gasteiger partial charge in [-0.1, -0.05) is 26.2 Å². The number of urea groups is 1. The Balaban J connectivity index is 1.76. The van der Waals surface area contributed by atoms with Crippen molar-refractivity contribution in [2.45, 2.75) is 57.9 Å². The minimum absolute atomic E-state index is 0.216. The van der Waals surface area contributed by atoms with Gasteiger partial charge < -0.3 is 15.7 Å². The summed E-state index contributed by atoms with van der Waals surface area (Å²) in [5, 5.41) is 14.9. The van der Waals surface area contributed by atoms with Crippen molar-refractivity contribution in [1.82, 2.24) is 10.6 Å². The number of hydrogen-bond acceptors (Lipinski definition) is 2. The van der Waals surface area contributed by atoms with Gasteiger partial charge in [0.25, 0.3) is 0 Å². The lowest BCUT2D eigenvalue weighted by Crippen LogP contribution is -2.52. The van der Waals surface area contributed by atoms with E-state index in [0.29, 0.717) is 18.8 Å². The molecule has 5 heteroatoms. The fraction of sp³-hybridized carbons (Fsp3) is 0.857. The standard InChI is InChI=1S/C14H24N2O3/c1-10-5-2-3-6-11(10)16-13(19)15-9-14(12(17)18)7-4-8-14/h10-11H,2-9H2,1H3,(H,17,18)(H2,15,16,19). The van der Waals surface area contributed by atoms with Crippen molar-refractivity contribution in [3.8, 4) is 0 Å². The van der Waals surface area contributed by atoms with Gasteiger partial charge in [-0.15, -0.1) is 0 Å². The molecule has 0 aromatic rings. The van der Waals surface area contributed by atoms with E-state index in [1.807, 2.05) is 0 Å². The summed E-state index contributed by atoms with van der Waals surface area (Å²) in [5.74, 6) is -0.276. The highest BCUT2D eigenvalue weighted by molar-refractivity contribution is 5.79. The predicted octanol–water partition coefficient (Wildman–Crippen LogP) is 2.12. The maximum absolute atomic E-state index is 11.9. The van der Waals surface area contributed by atoms with Crippen LogP contribution in [0.5, 0.6) is 0 Å². The lowest BCUT2D eigenvalue weighted by molar-refractivity contribution is -0.153. The Hall–Kier alpha value is -1.26. The molecule has 2 fully saturated rings. The highest BCUT2D eigenvalue weighted by atomic mass is 16.4. The Morgan fingerprint density at radius 2 is 1.89 bits per heavy atom. The van der Waals surface area contributed by atoms with Crippen molar-refractivity contribution in [3.63, 3.8) is 0 Å². The van der Waals surface area contributed by atoms with Gasteiger partial charge in [0.2, 0.25) is 0 Å². The highest BCUT2D eigenvalue weighted by Crippen LogP contribution is 2.40. The summed E-state index contributed by atoms with van der Waals surface area (Å²) in [7, 11) is 0. The molecule has 108 valence electrons. The molecule has 0 saturated heterocycles. The zero-order valence-electron chi connectivity index (χ0n) is 11.6. The normalized spacial score (nSPS) is 29.1. The lowest BCUT2D eigenvalue weighted by atomic mass is 9.69. The summed E-state index contributed by atoms with van der Waals surface area (Å²) in [6.45, 7) is 2.41. The van der Waals surface area contributed by atoms with Gasteiger partial charge in [0, 0.05) is 12.6 Å². The minimum atomic E-state index is -0.787. The third-order valence-electron chi connectivity index (χ3n) is 4.78. The Morgan fingerprint density at radius 1 is 1.21 bits per heavy atom. The zero-order chi connectivity index (χ0) is 13.9. The van der Waals surface area contributed by atoms with Crippen LogP contribution in [0.15, 0.2) is 0 Å². The molecule has 2 unspecified atom stereocenters. The number of rotatable bonds is 4. The molecule has 2 amide bonds. The molecule has 0 bridgehead atoms. The lowest BCUT2D eigenvalue weighted by Gasteiger charge is -2.38. The maximum Gasteiger partial charge on any atom is 0.315 e. The van der Waals surface area contributed by atoms with Gasteiger partial charge in [0.05, 0.1) is 5.41 Å². The molecule has 2 saturated carbocycles. The van der Waals surface area contributed by atoms with Crippen LogP contribution in [0.3, 0.4) is 0 Å². The molecule has 3 N–H and O–H groups in total. The number of aliphatic carboxylic acids is 1. The van der Waals surface area contributed by atoms with E-state index in [2.05, 4.69) is 17.6 Å². The van der Waals surface area contributed by atoms with Crippen LogP contribution >= 0.6 is 0 Å². The van der Waals surface area contributed by atoms with E-state index in [-0.39, 0.29) is 18.6 Å². The topological polar surface area (TPSA) is 78.4 Å². The smallest absolute Gasteiger partial charge is 0.315 e. The summed E-state index contributed by atoms with van der Waals surface area (Å²) in [6, 6.07) is 0.0159. The Kier molecular flexibility index (Phi) is 4.32. The van der Waals surface area contributed by atoms with E-state index < -0.39 is 11.4 Å². The predicted molar refractivity (Wildman–Crippen MR) is 71.9 cm³/mol. The van der Waals surface area contributed by atoms with Gasteiger partial charge in [-0.25, -0.2) is 4.79 Å². The molecule has 0 aromatic heterocycles. The molecule has 19 heavy (non-hydrogen) atoms. The van der Waals surface area contributed by atoms with Gasteiger partial charge in [0.1, 0.15) is 0 Å². The molecule has 5 nitrogen and oxygen atoms in total. The van der Waals surface area contributed by atoms with E-state index in [1.54, 1.807) is 0 Å². The Morgan fingerprint density at radius 3 is 2.42 bits per heavy atom. The van der Waals surface area contributed by atoms with Crippen LogP contribution in [0, 0.1) is 11.3 Å². The Labute approximate surface area is 114 Å². The zero-order valence-corrected chi connectivity index (χ0v) is 11.6. The van der Waals surface area contributed by atoms with Crippen molar-refractivity contribution < 1.29 is 14.7 Å². The Bertz CT molecular complexity index is 353. The SMILES string of the molecule is CC1CCCCC1NC(=O)NCC1(C(=O)O)CCC1. The van der Waals surface area contributed by atoms with Crippen LogP contribution in [0.1, 0.15) is 51.9 Å². The van der Waals surface area contributed by atoms with Crippen molar-refractivity contribution in [2.75, 3.05) is 6.54 Å². The van der Waals surface area contributed by atoms with Crippen LogP contribution in [-0.4, -0.2) is 29.7 Å². The summed E-state index contributed by atoms with van der Waals surface area (Å²) < 4.78 is 0. The van der Waals surface area contributed by atoms with E-state index in [0.717, 1.165) is 25.7 Å². The number of hydrogen-bond donors (Lipinski definition) is 3. The van der Waals surface area contributed by atoms with Crippen molar-refractivity contribution >= 4 is 12.0 Å². The molecular formula is C14H24N2O3. The average molecular weight is 268 g/mol. The summed E-state index contributed by atoms with van der Waals surface area (Å²) in [4.78, 5) is 23.0. The summed E-state index contributed by atoms with van der Waals surface area (Å²) in [6.07, 6.45) is 6.86. The fourth-order valence-corrected chi connectivity index (χ4v) is 3.07. The van der Waals surface area contributed by atoms with E-state index in [1.165, 1.54) is 6.42 Å². The molecule has 2 aliphatic carbocycles. The van der Waals surface area contributed by atoms with Crippen LogP contribution in [0.2, 0.25) is 0 Å². The quantitative estimate of drug-likeness (QED) is 0.730. The van der Waals surface area contributed by atoms with Crippen LogP contribution < -0.4 is 10.6 Å². The molecule has 0 aliphatic heterocycles. The first kappa shape index (κ1) is 14.2. The summed E-state index contributed by atoms with van der Waals surface area (Å²) in [5.41, 5.74) is -0.713. The molecule has 2 atom stereocenters. The minimum Gasteiger partial charge on any atom is -0.481 e. The monoisotopic (exact) mass is 268 g/mol. The van der Waals surface area contributed by atoms with Gasteiger partial charge in [-0.2, -0.15) is 0 Å². The third-order valence-corrected chi connectivity index (χ3v) is 4.78. The first-order chi connectivity index (χ1) is 9.03.